The number of hydrogen-bond donors (Lipinski definition) is 1. The van der Waals surface area contributed by atoms with E-state index in [2.05, 4.69) is 22.0 Å². The van der Waals surface area contributed by atoms with Crippen LogP contribution in [0.5, 0.6) is 0 Å². The van der Waals surface area contributed by atoms with E-state index in [1.165, 1.54) is 25.7 Å². The van der Waals surface area contributed by atoms with Crippen molar-refractivity contribution in [2.45, 2.75) is 95.3 Å². The van der Waals surface area contributed by atoms with Crippen LogP contribution >= 0.6 is 0 Å². The van der Waals surface area contributed by atoms with Gasteiger partial charge in [-0.2, -0.15) is 0 Å². The molecular weight excluding hydrogens is 398 g/mol. The van der Waals surface area contributed by atoms with E-state index in [0.717, 1.165) is 49.8 Å². The van der Waals surface area contributed by atoms with Gasteiger partial charge in [-0.1, -0.05) is 68.9 Å². The van der Waals surface area contributed by atoms with Gasteiger partial charge in [0.1, 0.15) is 11.2 Å². The number of carbonyl (C=O) groups excluding carboxylic acids is 2. The molecule has 3 aliphatic rings. The Labute approximate surface area is 191 Å². The van der Waals surface area contributed by atoms with Gasteiger partial charge in [-0.05, 0) is 50.3 Å². The van der Waals surface area contributed by atoms with Crippen LogP contribution < -0.4 is 5.32 Å². The van der Waals surface area contributed by atoms with E-state index in [9.17, 15) is 9.59 Å². The molecule has 5 rings (SSSR count). The van der Waals surface area contributed by atoms with Gasteiger partial charge in [0.2, 0.25) is 5.91 Å². The maximum Gasteiger partial charge on any atom is 0.271 e. The zero-order valence-corrected chi connectivity index (χ0v) is 19.2. The highest BCUT2D eigenvalue weighted by Crippen LogP contribution is 2.38. The third kappa shape index (κ3) is 3.76. The van der Waals surface area contributed by atoms with Gasteiger partial charge >= 0.3 is 0 Å². The molecule has 2 fully saturated rings. The Kier molecular flexibility index (Phi) is 5.83. The SMILES string of the molecule is CC1(C(=O)NC2CCCCC2)Cn2c(ccc2-c2ccccc2)C(=O)N1C1CCCCC1. The van der Waals surface area contributed by atoms with E-state index in [0.29, 0.717) is 12.2 Å². The quantitative estimate of drug-likeness (QED) is 0.725. The number of nitrogens with zero attached hydrogens (tertiary/aromatic N) is 2. The number of fused-ring (bicyclic) bond motifs is 1. The first kappa shape index (κ1) is 21.3. The van der Waals surface area contributed by atoms with E-state index in [4.69, 9.17) is 0 Å². The number of carbonyl (C=O) groups is 2. The molecule has 0 spiro atoms. The molecule has 0 saturated heterocycles. The topological polar surface area (TPSA) is 54.3 Å². The smallest absolute Gasteiger partial charge is 0.271 e. The number of aromatic nitrogens is 1. The van der Waals surface area contributed by atoms with Crippen LogP contribution in [0.15, 0.2) is 42.5 Å². The summed E-state index contributed by atoms with van der Waals surface area (Å²) in [5.41, 5.74) is 1.91. The van der Waals surface area contributed by atoms with Gasteiger partial charge in [0.15, 0.2) is 0 Å². The molecule has 2 aliphatic carbocycles. The average molecular weight is 434 g/mol. The van der Waals surface area contributed by atoms with Gasteiger partial charge in [-0.25, -0.2) is 0 Å². The Morgan fingerprint density at radius 3 is 2.19 bits per heavy atom. The average Bonchev–Trinajstić information content (AvgIpc) is 3.25. The summed E-state index contributed by atoms with van der Waals surface area (Å²) in [5.74, 6) is 0.0216. The van der Waals surface area contributed by atoms with E-state index in [1.807, 2.05) is 42.2 Å². The third-order valence-corrected chi connectivity index (χ3v) is 7.86. The standard InChI is InChI=1S/C27H35N3O2/c1-27(26(32)28-21-13-7-3-8-14-21)19-29-23(20-11-5-2-6-12-20)17-18-24(29)25(31)30(27)22-15-9-4-10-16-22/h2,5-6,11-12,17-18,21-22H,3-4,7-10,13-16,19H2,1H3,(H,28,32). The van der Waals surface area contributed by atoms with Gasteiger partial charge in [0.25, 0.3) is 5.91 Å². The van der Waals surface area contributed by atoms with Gasteiger partial charge in [-0.15, -0.1) is 0 Å². The van der Waals surface area contributed by atoms with Crippen LogP contribution in [0.2, 0.25) is 0 Å². The number of amides is 2. The van der Waals surface area contributed by atoms with E-state index in [-0.39, 0.29) is 23.9 Å². The van der Waals surface area contributed by atoms with E-state index >= 15 is 0 Å². The Balaban J connectivity index is 1.53. The van der Waals surface area contributed by atoms with E-state index < -0.39 is 5.54 Å². The highest BCUT2D eigenvalue weighted by molar-refractivity contribution is 6.00. The lowest BCUT2D eigenvalue weighted by molar-refractivity contribution is -0.135. The predicted molar refractivity (Wildman–Crippen MR) is 126 cm³/mol. The molecule has 5 heteroatoms. The first-order valence-electron chi connectivity index (χ1n) is 12.5. The molecule has 1 unspecified atom stereocenters. The number of benzene rings is 1. The molecule has 32 heavy (non-hydrogen) atoms. The van der Waals surface area contributed by atoms with Gasteiger partial charge < -0.3 is 14.8 Å². The van der Waals surface area contributed by atoms with Crippen LogP contribution in [0.3, 0.4) is 0 Å². The summed E-state index contributed by atoms with van der Waals surface area (Å²) in [4.78, 5) is 29.7. The molecule has 2 heterocycles. The predicted octanol–water partition coefficient (Wildman–Crippen LogP) is 5.15. The molecule has 2 saturated carbocycles. The highest BCUT2D eigenvalue weighted by atomic mass is 16.2. The fourth-order valence-corrected chi connectivity index (χ4v) is 6.09. The summed E-state index contributed by atoms with van der Waals surface area (Å²) < 4.78 is 2.08. The number of rotatable bonds is 4. The lowest BCUT2D eigenvalue weighted by Gasteiger charge is -2.49. The van der Waals surface area contributed by atoms with Crippen LogP contribution in [0.25, 0.3) is 11.3 Å². The zero-order valence-electron chi connectivity index (χ0n) is 19.2. The monoisotopic (exact) mass is 433 g/mol. The minimum Gasteiger partial charge on any atom is -0.351 e. The van der Waals surface area contributed by atoms with Crippen molar-refractivity contribution in [2.75, 3.05) is 0 Å². The van der Waals surface area contributed by atoms with Crippen molar-refractivity contribution in [3.8, 4) is 11.3 Å². The summed E-state index contributed by atoms with van der Waals surface area (Å²) in [6.07, 6.45) is 11.2. The normalized spacial score (nSPS) is 24.9. The molecule has 0 bridgehead atoms. The van der Waals surface area contributed by atoms with Crippen molar-refractivity contribution in [1.82, 2.24) is 14.8 Å². The molecule has 1 N–H and O–H groups in total. The number of hydrogen-bond acceptors (Lipinski definition) is 2. The van der Waals surface area contributed by atoms with Crippen LogP contribution in [-0.2, 0) is 11.3 Å². The summed E-state index contributed by atoms with van der Waals surface area (Å²) in [5, 5.41) is 3.35. The van der Waals surface area contributed by atoms with Crippen LogP contribution in [0, 0.1) is 0 Å². The fraction of sp³-hybridized carbons (Fsp3) is 0.556. The second kappa shape index (κ2) is 8.76. The minimum atomic E-state index is -0.883. The fourth-order valence-electron chi connectivity index (χ4n) is 6.09. The Morgan fingerprint density at radius 1 is 0.875 bits per heavy atom. The van der Waals surface area contributed by atoms with Crippen LogP contribution in [0.4, 0.5) is 0 Å². The van der Waals surface area contributed by atoms with E-state index in [1.54, 1.807) is 0 Å². The summed E-state index contributed by atoms with van der Waals surface area (Å²) in [6, 6.07) is 14.5. The second-order valence-corrected chi connectivity index (χ2v) is 10.1. The molecule has 1 aromatic carbocycles. The first-order valence-corrected chi connectivity index (χ1v) is 12.5. The molecule has 0 radical (unpaired) electrons. The minimum absolute atomic E-state index is 0.00613. The molecule has 2 amide bonds. The maximum absolute atomic E-state index is 13.9. The Bertz CT molecular complexity index is 970. The summed E-state index contributed by atoms with van der Waals surface area (Å²) in [7, 11) is 0. The van der Waals surface area contributed by atoms with Crippen molar-refractivity contribution in [3.63, 3.8) is 0 Å². The summed E-state index contributed by atoms with van der Waals surface area (Å²) >= 11 is 0. The largest absolute Gasteiger partial charge is 0.351 e. The maximum atomic E-state index is 13.9. The molecular formula is C27H35N3O2. The Hall–Kier alpha value is -2.56. The molecule has 170 valence electrons. The Morgan fingerprint density at radius 2 is 1.50 bits per heavy atom. The van der Waals surface area contributed by atoms with Crippen molar-refractivity contribution in [1.29, 1.82) is 0 Å². The van der Waals surface area contributed by atoms with Crippen molar-refractivity contribution < 1.29 is 9.59 Å². The van der Waals surface area contributed by atoms with Crippen molar-refractivity contribution >= 4 is 11.8 Å². The van der Waals surface area contributed by atoms with Crippen LogP contribution in [-0.4, -0.2) is 38.9 Å². The summed E-state index contributed by atoms with van der Waals surface area (Å²) in [6.45, 7) is 2.50. The highest BCUT2D eigenvalue weighted by Gasteiger charge is 2.50. The van der Waals surface area contributed by atoms with Gasteiger partial charge in [-0.3, -0.25) is 9.59 Å². The van der Waals surface area contributed by atoms with Crippen molar-refractivity contribution in [2.24, 2.45) is 0 Å². The lowest BCUT2D eigenvalue weighted by Crippen LogP contribution is -2.67. The zero-order chi connectivity index (χ0) is 22.1. The molecule has 1 aromatic heterocycles. The first-order chi connectivity index (χ1) is 15.6. The lowest BCUT2D eigenvalue weighted by atomic mass is 9.86. The third-order valence-electron chi connectivity index (χ3n) is 7.86. The van der Waals surface area contributed by atoms with Gasteiger partial charge in [0.05, 0.1) is 6.54 Å². The molecule has 1 atom stereocenters. The van der Waals surface area contributed by atoms with Gasteiger partial charge in [0, 0.05) is 17.8 Å². The van der Waals surface area contributed by atoms with Crippen LogP contribution in [0.1, 0.15) is 81.6 Å². The second-order valence-electron chi connectivity index (χ2n) is 10.1. The molecule has 5 nitrogen and oxygen atoms in total. The van der Waals surface area contributed by atoms with Crippen molar-refractivity contribution in [3.05, 3.63) is 48.2 Å². The molecule has 1 aliphatic heterocycles. The number of nitrogens with one attached hydrogen (secondary N) is 1. The molecule has 2 aromatic rings.